The molecule has 0 spiro atoms. The Morgan fingerprint density at radius 2 is 1.72 bits per heavy atom. The number of rotatable bonds is 11. The van der Waals surface area contributed by atoms with E-state index < -0.39 is 0 Å². The fraction of sp³-hybridized carbons (Fsp3) is 1.00. The van der Waals surface area contributed by atoms with E-state index in [1.165, 1.54) is 0 Å². The first-order valence-corrected chi connectivity index (χ1v) is 6.82. The maximum atomic E-state index is 9.24. The molecule has 0 aliphatic carbocycles. The summed E-state index contributed by atoms with van der Waals surface area (Å²) in [5.74, 6) is 0. The van der Waals surface area contributed by atoms with Crippen LogP contribution in [0.15, 0.2) is 0 Å². The van der Waals surface area contributed by atoms with E-state index in [-0.39, 0.29) is 17.7 Å². The molecule has 1 unspecified atom stereocenters. The highest BCUT2D eigenvalue weighted by Crippen LogP contribution is 2.14. The van der Waals surface area contributed by atoms with Crippen molar-refractivity contribution in [2.24, 2.45) is 0 Å². The third-order valence-corrected chi connectivity index (χ3v) is 3.62. The van der Waals surface area contributed by atoms with Gasteiger partial charge in [-0.25, -0.2) is 0 Å². The first-order valence-electron chi connectivity index (χ1n) is 6.82. The third kappa shape index (κ3) is 8.03. The van der Waals surface area contributed by atoms with Crippen LogP contribution in [0.1, 0.15) is 46.5 Å². The van der Waals surface area contributed by atoms with Crippen molar-refractivity contribution in [2.45, 2.75) is 57.6 Å². The lowest BCUT2D eigenvalue weighted by molar-refractivity contribution is -0.0103. The predicted molar refractivity (Wildman–Crippen MR) is 74.9 cm³/mol. The number of unbranched alkanes of at least 4 members (excludes halogenated alkanes) is 1. The normalized spacial score (nSPS) is 15.7. The Labute approximate surface area is 112 Å². The summed E-state index contributed by atoms with van der Waals surface area (Å²) in [6.07, 6.45) is 3.97. The molecule has 0 aliphatic heterocycles. The van der Waals surface area contributed by atoms with E-state index in [1.807, 2.05) is 14.0 Å². The zero-order valence-electron chi connectivity index (χ0n) is 12.7. The quantitative estimate of drug-likeness (QED) is 0.558. The van der Waals surface area contributed by atoms with Crippen molar-refractivity contribution < 1.29 is 14.6 Å². The Balaban J connectivity index is 3.47. The Morgan fingerprint density at radius 3 is 2.22 bits per heavy atom. The van der Waals surface area contributed by atoms with Crippen LogP contribution in [0.3, 0.4) is 0 Å². The maximum absolute atomic E-state index is 9.24. The molecule has 4 nitrogen and oxygen atoms in total. The lowest BCUT2D eigenvalue weighted by Crippen LogP contribution is -2.43. The number of nitrogens with one attached hydrogen (secondary N) is 1. The molecule has 0 radical (unpaired) electrons. The molecule has 0 aromatic heterocycles. The highest BCUT2D eigenvalue weighted by atomic mass is 16.5. The molecule has 0 bridgehead atoms. The monoisotopic (exact) mass is 261 g/mol. The smallest absolute Gasteiger partial charge is 0.0644 e. The van der Waals surface area contributed by atoms with E-state index in [4.69, 9.17) is 9.47 Å². The van der Waals surface area contributed by atoms with Gasteiger partial charge in [0.05, 0.1) is 12.2 Å². The Kier molecular flexibility index (Phi) is 8.78. The maximum Gasteiger partial charge on any atom is 0.0644 e. The molecule has 0 amide bonds. The van der Waals surface area contributed by atoms with Gasteiger partial charge < -0.3 is 19.9 Å². The standard InChI is InChI=1S/C14H31NO3/c1-13(2,17-5)9-11-18-10-7-6-8-14(3,12-16)15-4/h15-16H,6-12H2,1-5H3. The number of hydrogen-bond acceptors (Lipinski definition) is 4. The van der Waals surface area contributed by atoms with E-state index in [0.717, 1.165) is 38.9 Å². The minimum absolute atomic E-state index is 0.0956. The molecule has 18 heavy (non-hydrogen) atoms. The third-order valence-electron chi connectivity index (χ3n) is 3.62. The van der Waals surface area contributed by atoms with Gasteiger partial charge in [-0.1, -0.05) is 0 Å². The molecule has 0 aliphatic rings. The predicted octanol–water partition coefficient (Wildman–Crippen LogP) is 1.96. The molecule has 0 heterocycles. The van der Waals surface area contributed by atoms with Crippen molar-refractivity contribution in [3.8, 4) is 0 Å². The fourth-order valence-corrected chi connectivity index (χ4v) is 1.52. The molecule has 110 valence electrons. The number of likely N-dealkylation sites (N-methyl/N-ethyl adjacent to an activating group) is 1. The fourth-order valence-electron chi connectivity index (χ4n) is 1.52. The van der Waals surface area contributed by atoms with Crippen molar-refractivity contribution in [3.63, 3.8) is 0 Å². The average molecular weight is 261 g/mol. The molecule has 0 rings (SSSR count). The summed E-state index contributed by atoms with van der Waals surface area (Å²) in [7, 11) is 3.62. The van der Waals surface area contributed by atoms with E-state index in [9.17, 15) is 5.11 Å². The molecule has 0 saturated carbocycles. The SMILES string of the molecule is CNC(C)(CO)CCCCOCCC(C)(C)OC. The molecule has 0 fully saturated rings. The van der Waals surface area contributed by atoms with Gasteiger partial charge in [-0.05, 0) is 53.5 Å². The van der Waals surface area contributed by atoms with Gasteiger partial charge in [-0.2, -0.15) is 0 Å². The van der Waals surface area contributed by atoms with Gasteiger partial charge in [-0.3, -0.25) is 0 Å². The lowest BCUT2D eigenvalue weighted by atomic mass is 9.96. The van der Waals surface area contributed by atoms with Gasteiger partial charge in [-0.15, -0.1) is 0 Å². The van der Waals surface area contributed by atoms with Crippen molar-refractivity contribution in [1.82, 2.24) is 5.32 Å². The number of aliphatic hydroxyl groups is 1. The van der Waals surface area contributed by atoms with Crippen LogP contribution in [-0.2, 0) is 9.47 Å². The molecular weight excluding hydrogens is 230 g/mol. The highest BCUT2D eigenvalue weighted by molar-refractivity contribution is 4.79. The molecule has 2 N–H and O–H groups in total. The van der Waals surface area contributed by atoms with Crippen LogP contribution in [0, 0.1) is 0 Å². The van der Waals surface area contributed by atoms with Crippen LogP contribution in [0.2, 0.25) is 0 Å². The first kappa shape index (κ1) is 17.8. The Morgan fingerprint density at radius 1 is 1.06 bits per heavy atom. The van der Waals surface area contributed by atoms with E-state index >= 15 is 0 Å². The summed E-state index contributed by atoms with van der Waals surface area (Å²) in [5.41, 5.74) is -0.250. The number of aliphatic hydroxyl groups excluding tert-OH is 1. The number of methoxy groups -OCH3 is 1. The molecule has 0 aromatic rings. The van der Waals surface area contributed by atoms with Crippen LogP contribution < -0.4 is 5.32 Å². The van der Waals surface area contributed by atoms with E-state index in [0.29, 0.717) is 0 Å². The molecule has 0 saturated heterocycles. The second-order valence-electron chi connectivity index (χ2n) is 5.75. The van der Waals surface area contributed by atoms with E-state index in [1.54, 1.807) is 7.11 Å². The summed E-state index contributed by atoms with van der Waals surface area (Å²) < 4.78 is 10.9. The van der Waals surface area contributed by atoms with Crippen molar-refractivity contribution in [2.75, 3.05) is 34.0 Å². The summed E-state index contributed by atoms with van der Waals surface area (Å²) >= 11 is 0. The van der Waals surface area contributed by atoms with Gasteiger partial charge in [0.25, 0.3) is 0 Å². The minimum Gasteiger partial charge on any atom is -0.394 e. The van der Waals surface area contributed by atoms with Gasteiger partial charge in [0.15, 0.2) is 0 Å². The van der Waals surface area contributed by atoms with Gasteiger partial charge in [0, 0.05) is 25.9 Å². The van der Waals surface area contributed by atoms with Crippen LogP contribution >= 0.6 is 0 Å². The highest BCUT2D eigenvalue weighted by Gasteiger charge is 2.19. The topological polar surface area (TPSA) is 50.7 Å². The molecular formula is C14H31NO3. The average Bonchev–Trinajstić information content (AvgIpc) is 2.37. The Hall–Kier alpha value is -0.160. The van der Waals surface area contributed by atoms with Crippen LogP contribution in [0.25, 0.3) is 0 Å². The van der Waals surface area contributed by atoms with Crippen LogP contribution in [0.5, 0.6) is 0 Å². The van der Waals surface area contributed by atoms with Crippen molar-refractivity contribution in [1.29, 1.82) is 0 Å². The summed E-state index contributed by atoms with van der Waals surface area (Å²) in [6.45, 7) is 7.86. The number of hydrogen-bond donors (Lipinski definition) is 2. The first-order chi connectivity index (χ1) is 8.39. The largest absolute Gasteiger partial charge is 0.394 e. The van der Waals surface area contributed by atoms with Gasteiger partial charge in [0.2, 0.25) is 0 Å². The molecule has 4 heteroatoms. The van der Waals surface area contributed by atoms with Crippen LogP contribution in [0.4, 0.5) is 0 Å². The molecule has 1 atom stereocenters. The molecule has 0 aromatic carbocycles. The van der Waals surface area contributed by atoms with Crippen LogP contribution in [-0.4, -0.2) is 50.2 Å². The second kappa shape index (κ2) is 8.86. The van der Waals surface area contributed by atoms with Gasteiger partial charge in [0.1, 0.15) is 0 Å². The second-order valence-corrected chi connectivity index (χ2v) is 5.75. The van der Waals surface area contributed by atoms with Gasteiger partial charge >= 0.3 is 0 Å². The van der Waals surface area contributed by atoms with E-state index in [2.05, 4.69) is 19.2 Å². The summed E-state index contributed by atoms with van der Waals surface area (Å²) in [6, 6.07) is 0. The van der Waals surface area contributed by atoms with Crippen molar-refractivity contribution in [3.05, 3.63) is 0 Å². The summed E-state index contributed by atoms with van der Waals surface area (Å²) in [5, 5.41) is 12.4. The number of ether oxygens (including phenoxy) is 2. The lowest BCUT2D eigenvalue weighted by Gasteiger charge is -2.26. The Bertz CT molecular complexity index is 203. The summed E-state index contributed by atoms with van der Waals surface area (Å²) in [4.78, 5) is 0. The zero-order valence-corrected chi connectivity index (χ0v) is 12.7. The van der Waals surface area contributed by atoms with Crippen molar-refractivity contribution >= 4 is 0 Å². The zero-order chi connectivity index (χ0) is 14.1. The minimum atomic E-state index is -0.155.